The first kappa shape index (κ1) is 9.77. The van der Waals surface area contributed by atoms with Gasteiger partial charge in [-0.25, -0.2) is 0 Å². The summed E-state index contributed by atoms with van der Waals surface area (Å²) in [5.41, 5.74) is 2.06. The summed E-state index contributed by atoms with van der Waals surface area (Å²) in [5, 5.41) is 4.34. The topological polar surface area (TPSA) is 27.1 Å². The number of benzene rings is 1. The average molecular weight is 202 g/mol. The van der Waals surface area contributed by atoms with Crippen LogP contribution in [0.2, 0.25) is 0 Å². The lowest BCUT2D eigenvalue weighted by atomic mass is 10.1. The lowest BCUT2D eigenvalue weighted by Gasteiger charge is -2.03. The molecule has 1 heterocycles. The summed E-state index contributed by atoms with van der Waals surface area (Å²) in [4.78, 5) is 0. The molecular weight excluding hydrogens is 188 g/mol. The minimum Gasteiger partial charge on any atom is -0.494 e. The van der Waals surface area contributed by atoms with Crippen molar-refractivity contribution in [1.29, 1.82) is 0 Å². The molecule has 0 N–H and O–H groups in total. The quantitative estimate of drug-likeness (QED) is 0.764. The second kappa shape index (κ2) is 4.17. The van der Waals surface area contributed by atoms with Gasteiger partial charge in [-0.05, 0) is 25.1 Å². The van der Waals surface area contributed by atoms with Crippen molar-refractivity contribution in [2.75, 3.05) is 6.61 Å². The number of hydrogen-bond donors (Lipinski definition) is 0. The highest BCUT2D eigenvalue weighted by atomic mass is 16.5. The van der Waals surface area contributed by atoms with Crippen LogP contribution in [-0.4, -0.2) is 16.4 Å². The van der Waals surface area contributed by atoms with Crippen LogP contribution in [0.25, 0.3) is 11.3 Å². The van der Waals surface area contributed by atoms with Crippen LogP contribution >= 0.6 is 0 Å². The second-order valence-electron chi connectivity index (χ2n) is 3.34. The van der Waals surface area contributed by atoms with Gasteiger partial charge in [0.15, 0.2) is 0 Å². The van der Waals surface area contributed by atoms with Crippen molar-refractivity contribution in [3.05, 3.63) is 36.5 Å². The molecular formula is C12H14N2O. The van der Waals surface area contributed by atoms with E-state index in [0.717, 1.165) is 17.0 Å². The summed E-state index contributed by atoms with van der Waals surface area (Å²) in [6, 6.07) is 9.96. The van der Waals surface area contributed by atoms with E-state index in [1.54, 1.807) is 4.68 Å². The first-order chi connectivity index (χ1) is 7.29. The van der Waals surface area contributed by atoms with Gasteiger partial charge in [0.05, 0.1) is 12.3 Å². The predicted octanol–water partition coefficient (Wildman–Crippen LogP) is 2.49. The third kappa shape index (κ3) is 2.18. The van der Waals surface area contributed by atoms with Crippen molar-refractivity contribution in [2.45, 2.75) is 6.92 Å². The van der Waals surface area contributed by atoms with E-state index < -0.39 is 0 Å². The van der Waals surface area contributed by atoms with Crippen LogP contribution in [0.1, 0.15) is 6.92 Å². The van der Waals surface area contributed by atoms with E-state index in [1.165, 1.54) is 0 Å². The minimum absolute atomic E-state index is 0.686. The monoisotopic (exact) mass is 202 g/mol. The SMILES string of the molecule is CCOc1cccc(-c2ccn(C)n2)c1. The normalized spacial score (nSPS) is 10.3. The van der Waals surface area contributed by atoms with E-state index in [4.69, 9.17) is 4.74 Å². The molecule has 0 saturated carbocycles. The Balaban J connectivity index is 2.32. The zero-order valence-corrected chi connectivity index (χ0v) is 8.97. The molecule has 0 atom stereocenters. The molecule has 3 nitrogen and oxygen atoms in total. The molecule has 2 rings (SSSR count). The second-order valence-corrected chi connectivity index (χ2v) is 3.34. The molecule has 0 aliphatic rings. The van der Waals surface area contributed by atoms with E-state index >= 15 is 0 Å². The van der Waals surface area contributed by atoms with Crippen LogP contribution in [0.15, 0.2) is 36.5 Å². The van der Waals surface area contributed by atoms with Crippen molar-refractivity contribution in [3.8, 4) is 17.0 Å². The number of aromatic nitrogens is 2. The zero-order chi connectivity index (χ0) is 10.7. The van der Waals surface area contributed by atoms with E-state index in [2.05, 4.69) is 5.10 Å². The summed E-state index contributed by atoms with van der Waals surface area (Å²) in [6.07, 6.45) is 1.93. The van der Waals surface area contributed by atoms with Gasteiger partial charge in [0.2, 0.25) is 0 Å². The number of aryl methyl sites for hydroxylation is 1. The summed E-state index contributed by atoms with van der Waals surface area (Å²) in [6.45, 7) is 2.67. The molecule has 0 unspecified atom stereocenters. The van der Waals surface area contributed by atoms with Gasteiger partial charge in [-0.1, -0.05) is 12.1 Å². The molecule has 0 saturated heterocycles. The van der Waals surface area contributed by atoms with Crippen LogP contribution in [0.3, 0.4) is 0 Å². The van der Waals surface area contributed by atoms with Gasteiger partial charge in [0.1, 0.15) is 5.75 Å². The highest BCUT2D eigenvalue weighted by molar-refractivity contribution is 5.60. The van der Waals surface area contributed by atoms with E-state index in [9.17, 15) is 0 Å². The van der Waals surface area contributed by atoms with Gasteiger partial charge in [0, 0.05) is 18.8 Å². The Labute approximate surface area is 89.3 Å². The molecule has 0 aliphatic carbocycles. The largest absolute Gasteiger partial charge is 0.494 e. The average Bonchev–Trinajstić information content (AvgIpc) is 2.66. The first-order valence-electron chi connectivity index (χ1n) is 5.02. The number of hydrogen-bond acceptors (Lipinski definition) is 2. The van der Waals surface area contributed by atoms with Crippen molar-refractivity contribution in [1.82, 2.24) is 9.78 Å². The Hall–Kier alpha value is -1.77. The highest BCUT2D eigenvalue weighted by Gasteiger charge is 2.02. The fourth-order valence-electron chi connectivity index (χ4n) is 1.48. The molecule has 0 spiro atoms. The molecule has 0 amide bonds. The first-order valence-corrected chi connectivity index (χ1v) is 5.02. The Kier molecular flexibility index (Phi) is 2.72. The smallest absolute Gasteiger partial charge is 0.119 e. The fraction of sp³-hybridized carbons (Fsp3) is 0.250. The molecule has 0 bridgehead atoms. The lowest BCUT2D eigenvalue weighted by Crippen LogP contribution is -1.92. The van der Waals surface area contributed by atoms with Crippen LogP contribution in [-0.2, 0) is 7.05 Å². The van der Waals surface area contributed by atoms with Crippen molar-refractivity contribution in [3.63, 3.8) is 0 Å². The summed E-state index contributed by atoms with van der Waals surface area (Å²) in [5.74, 6) is 0.889. The van der Waals surface area contributed by atoms with Crippen molar-refractivity contribution in [2.24, 2.45) is 7.05 Å². The number of nitrogens with zero attached hydrogens (tertiary/aromatic N) is 2. The molecule has 78 valence electrons. The highest BCUT2D eigenvalue weighted by Crippen LogP contribution is 2.21. The Morgan fingerprint density at radius 2 is 2.20 bits per heavy atom. The van der Waals surface area contributed by atoms with Crippen LogP contribution in [0, 0.1) is 0 Å². The standard InChI is InChI=1S/C12H14N2O/c1-3-15-11-6-4-5-10(9-11)12-7-8-14(2)13-12/h4-9H,3H2,1-2H3. The predicted molar refractivity (Wildman–Crippen MR) is 59.8 cm³/mol. The molecule has 15 heavy (non-hydrogen) atoms. The van der Waals surface area contributed by atoms with Crippen LogP contribution in [0.4, 0.5) is 0 Å². The van der Waals surface area contributed by atoms with E-state index in [1.807, 2.05) is 50.5 Å². The van der Waals surface area contributed by atoms with Crippen LogP contribution < -0.4 is 4.74 Å². The maximum absolute atomic E-state index is 5.44. The number of rotatable bonds is 3. The van der Waals surface area contributed by atoms with Gasteiger partial charge in [0.25, 0.3) is 0 Å². The molecule has 0 fully saturated rings. The van der Waals surface area contributed by atoms with E-state index in [-0.39, 0.29) is 0 Å². The summed E-state index contributed by atoms with van der Waals surface area (Å²) in [7, 11) is 1.91. The third-order valence-corrected chi connectivity index (χ3v) is 2.15. The van der Waals surface area contributed by atoms with Crippen molar-refractivity contribution < 1.29 is 4.74 Å². The van der Waals surface area contributed by atoms with Gasteiger partial charge >= 0.3 is 0 Å². The molecule has 0 aliphatic heterocycles. The summed E-state index contributed by atoms with van der Waals surface area (Å²) < 4.78 is 7.23. The molecule has 2 aromatic rings. The summed E-state index contributed by atoms with van der Waals surface area (Å²) >= 11 is 0. The van der Waals surface area contributed by atoms with Gasteiger partial charge in [-0.3, -0.25) is 4.68 Å². The van der Waals surface area contributed by atoms with E-state index in [0.29, 0.717) is 6.61 Å². The van der Waals surface area contributed by atoms with Gasteiger partial charge < -0.3 is 4.74 Å². The van der Waals surface area contributed by atoms with Gasteiger partial charge in [-0.2, -0.15) is 5.10 Å². The molecule has 1 aromatic carbocycles. The van der Waals surface area contributed by atoms with Gasteiger partial charge in [-0.15, -0.1) is 0 Å². The maximum Gasteiger partial charge on any atom is 0.119 e. The number of ether oxygens (including phenoxy) is 1. The minimum atomic E-state index is 0.686. The Morgan fingerprint density at radius 1 is 1.33 bits per heavy atom. The molecule has 3 heteroatoms. The molecule has 0 radical (unpaired) electrons. The zero-order valence-electron chi connectivity index (χ0n) is 8.97. The van der Waals surface area contributed by atoms with Crippen molar-refractivity contribution >= 4 is 0 Å². The lowest BCUT2D eigenvalue weighted by molar-refractivity contribution is 0.340. The Morgan fingerprint density at radius 3 is 2.87 bits per heavy atom. The molecule has 1 aromatic heterocycles. The Bertz CT molecular complexity index is 448. The maximum atomic E-state index is 5.44. The third-order valence-electron chi connectivity index (χ3n) is 2.15. The van der Waals surface area contributed by atoms with Crippen LogP contribution in [0.5, 0.6) is 5.75 Å². The fourth-order valence-corrected chi connectivity index (χ4v) is 1.48.